The Balaban J connectivity index is 1.05. The molecule has 0 aliphatic carbocycles. The van der Waals surface area contributed by atoms with E-state index in [1.165, 1.54) is 0 Å². The van der Waals surface area contributed by atoms with Gasteiger partial charge in [0.15, 0.2) is 29.6 Å². The number of hydrogen-bond donors (Lipinski definition) is 3. The fourth-order valence-corrected chi connectivity index (χ4v) is 7.25. The molecular weight excluding hydrogens is 699 g/mol. The minimum Gasteiger partial charge on any atom is -0.392 e. The van der Waals surface area contributed by atoms with Crippen LogP contribution in [0.25, 0.3) is 11.0 Å². The number of carbonyl (C=O) groups excluding carboxylic acids is 1. The van der Waals surface area contributed by atoms with Crippen molar-refractivity contribution in [3.05, 3.63) is 140 Å². The molecule has 4 atom stereocenters. The molecule has 9 nitrogen and oxygen atoms in total. The maximum atomic E-state index is 14.1. The van der Waals surface area contributed by atoms with Gasteiger partial charge < -0.3 is 29.8 Å². The van der Waals surface area contributed by atoms with Crippen molar-refractivity contribution in [2.75, 3.05) is 19.6 Å². The molecule has 1 aromatic heterocycles. The Morgan fingerprint density at radius 3 is 2.09 bits per heavy atom. The van der Waals surface area contributed by atoms with Crippen LogP contribution in [0.2, 0.25) is 0 Å². The number of hydrogen-bond acceptors (Lipinski definition) is 6. The van der Waals surface area contributed by atoms with Gasteiger partial charge in [-0.3, -0.25) is 9.36 Å². The SMILES string of the molecule is CC1C(CN2CCC(n3c(=O)[nH]c4ccccc43)CC2)OC(c2ccc(CNC(=O)c3c(F)c(F)c(F)c(F)c3F)cc2)OC1c1ccc(CO)cc1. The zero-order valence-electron chi connectivity index (χ0n) is 28.6. The molecule has 3 heterocycles. The number of H-pyrrole nitrogens is 1. The van der Waals surface area contributed by atoms with Crippen LogP contribution in [0.4, 0.5) is 22.0 Å². The first-order valence-corrected chi connectivity index (χ1v) is 17.3. The van der Waals surface area contributed by atoms with Crippen molar-refractivity contribution in [2.45, 2.75) is 57.5 Å². The molecule has 4 unspecified atom stereocenters. The lowest BCUT2D eigenvalue weighted by Crippen LogP contribution is -2.47. The number of piperidine rings is 1. The normalized spacial score (nSPS) is 21.3. The lowest BCUT2D eigenvalue weighted by Gasteiger charge is -2.44. The standard InChI is InChI=1S/C39H37F5N4O5/c1-21-29(19-47-16-14-26(15-17-47)48-28-5-3-2-4-27(28)46-39(48)51)52-38(53-36(21)24-10-8-23(20-49)9-11-24)25-12-6-22(7-13-25)18-45-37(50)30-31(40)33(42)35(44)34(43)32(30)41/h2-13,21,26,29,36,38,49H,14-20H2,1H3,(H,45,50)(H,46,51). The topological polar surface area (TPSA) is 109 Å². The van der Waals surface area contributed by atoms with Crippen molar-refractivity contribution < 1.29 is 41.3 Å². The molecule has 0 spiro atoms. The summed E-state index contributed by atoms with van der Waals surface area (Å²) >= 11 is 0. The Labute approximate surface area is 301 Å². The molecule has 2 aliphatic rings. The number of imidazole rings is 1. The first-order valence-electron chi connectivity index (χ1n) is 17.3. The Morgan fingerprint density at radius 2 is 1.43 bits per heavy atom. The monoisotopic (exact) mass is 736 g/mol. The van der Waals surface area contributed by atoms with E-state index in [1.807, 2.05) is 53.1 Å². The lowest BCUT2D eigenvalue weighted by molar-refractivity contribution is -0.276. The Morgan fingerprint density at radius 1 is 0.830 bits per heavy atom. The number of nitrogens with one attached hydrogen (secondary N) is 2. The summed E-state index contributed by atoms with van der Waals surface area (Å²) in [6, 6.07) is 22.0. The summed E-state index contributed by atoms with van der Waals surface area (Å²) in [5.41, 5.74) is 2.86. The highest BCUT2D eigenvalue weighted by Crippen LogP contribution is 2.42. The van der Waals surface area contributed by atoms with Crippen molar-refractivity contribution in [2.24, 2.45) is 5.92 Å². The van der Waals surface area contributed by atoms with Gasteiger partial charge in [0.05, 0.1) is 29.8 Å². The summed E-state index contributed by atoms with van der Waals surface area (Å²) in [5, 5.41) is 11.8. The number of halogens is 5. The fourth-order valence-electron chi connectivity index (χ4n) is 7.25. The molecule has 0 radical (unpaired) electrons. The van der Waals surface area contributed by atoms with Gasteiger partial charge in [0, 0.05) is 43.7 Å². The van der Waals surface area contributed by atoms with Gasteiger partial charge in [0.2, 0.25) is 5.82 Å². The Bertz CT molecular complexity index is 2140. The average Bonchev–Trinajstić information content (AvgIpc) is 3.52. The van der Waals surface area contributed by atoms with E-state index in [2.05, 4.69) is 22.1 Å². The molecule has 4 aromatic carbocycles. The van der Waals surface area contributed by atoms with Crippen molar-refractivity contribution in [3.8, 4) is 0 Å². The largest absolute Gasteiger partial charge is 0.392 e. The third kappa shape index (κ3) is 7.23. The van der Waals surface area contributed by atoms with Gasteiger partial charge in [-0.1, -0.05) is 67.6 Å². The molecule has 14 heteroatoms. The fraction of sp³-hybridized carbons (Fsp3) is 0.333. The maximum Gasteiger partial charge on any atom is 0.326 e. The predicted octanol–water partition coefficient (Wildman–Crippen LogP) is 6.58. The van der Waals surface area contributed by atoms with Crippen LogP contribution in [0.1, 0.15) is 70.8 Å². The van der Waals surface area contributed by atoms with E-state index in [0.717, 1.165) is 48.1 Å². The van der Waals surface area contributed by atoms with E-state index in [-0.39, 0.29) is 43.0 Å². The van der Waals surface area contributed by atoms with E-state index in [1.54, 1.807) is 24.3 Å². The van der Waals surface area contributed by atoms with Gasteiger partial charge >= 0.3 is 5.69 Å². The zero-order chi connectivity index (χ0) is 37.4. The lowest BCUT2D eigenvalue weighted by atomic mass is 9.89. The number of amides is 1. The molecule has 5 aromatic rings. The number of nitrogens with zero attached hydrogens (tertiary/aromatic N) is 2. The van der Waals surface area contributed by atoms with Crippen LogP contribution >= 0.6 is 0 Å². The molecule has 53 heavy (non-hydrogen) atoms. The second-order valence-electron chi connectivity index (χ2n) is 13.5. The van der Waals surface area contributed by atoms with Crippen molar-refractivity contribution in [3.63, 3.8) is 0 Å². The number of carbonyl (C=O) groups is 1. The van der Waals surface area contributed by atoms with Crippen LogP contribution in [-0.4, -0.2) is 51.2 Å². The average molecular weight is 737 g/mol. The van der Waals surface area contributed by atoms with Crippen molar-refractivity contribution in [1.82, 2.24) is 19.8 Å². The number of aliphatic hydroxyl groups excluding tert-OH is 1. The number of ether oxygens (including phenoxy) is 2. The van der Waals surface area contributed by atoms with Crippen LogP contribution in [0.5, 0.6) is 0 Å². The van der Waals surface area contributed by atoms with Gasteiger partial charge in [0.1, 0.15) is 5.56 Å². The molecule has 3 N–H and O–H groups in total. The van der Waals surface area contributed by atoms with E-state index >= 15 is 0 Å². The number of aliphatic hydroxyl groups is 1. The molecular formula is C39H37F5N4O5. The Hall–Kier alpha value is -4.89. The highest BCUT2D eigenvalue weighted by molar-refractivity contribution is 5.94. The molecule has 7 rings (SSSR count). The van der Waals surface area contributed by atoms with Crippen LogP contribution in [-0.2, 0) is 22.6 Å². The summed E-state index contributed by atoms with van der Waals surface area (Å²) in [4.78, 5) is 30.6. The Kier molecular flexibility index (Phi) is 10.5. The first-order chi connectivity index (χ1) is 25.5. The highest BCUT2D eigenvalue weighted by atomic mass is 19.2. The third-order valence-electron chi connectivity index (χ3n) is 10.2. The van der Waals surface area contributed by atoms with Crippen LogP contribution < -0.4 is 11.0 Å². The second kappa shape index (κ2) is 15.2. The summed E-state index contributed by atoms with van der Waals surface area (Å²) in [6.45, 7) is 3.85. The summed E-state index contributed by atoms with van der Waals surface area (Å²) in [6.07, 6.45) is 0.157. The van der Waals surface area contributed by atoms with Gasteiger partial charge in [-0.2, -0.15) is 0 Å². The highest BCUT2D eigenvalue weighted by Gasteiger charge is 2.40. The molecule has 0 saturated carbocycles. The smallest absolute Gasteiger partial charge is 0.326 e. The number of aromatic amines is 1. The molecule has 2 saturated heterocycles. The number of aromatic nitrogens is 2. The second-order valence-corrected chi connectivity index (χ2v) is 13.5. The maximum absolute atomic E-state index is 14.1. The quantitative estimate of drug-likeness (QED) is 0.0898. The van der Waals surface area contributed by atoms with E-state index in [0.29, 0.717) is 17.7 Å². The molecule has 2 aliphatic heterocycles. The molecule has 0 bridgehead atoms. The van der Waals surface area contributed by atoms with Gasteiger partial charge in [-0.25, -0.2) is 26.7 Å². The van der Waals surface area contributed by atoms with Gasteiger partial charge in [0.25, 0.3) is 5.91 Å². The van der Waals surface area contributed by atoms with E-state index in [9.17, 15) is 36.6 Å². The van der Waals surface area contributed by atoms with Crippen LogP contribution in [0.15, 0.2) is 77.6 Å². The number of likely N-dealkylation sites (tertiary alicyclic amines) is 1. The molecule has 1 amide bonds. The number of benzene rings is 4. The first kappa shape index (κ1) is 36.5. The van der Waals surface area contributed by atoms with Crippen molar-refractivity contribution in [1.29, 1.82) is 0 Å². The van der Waals surface area contributed by atoms with Gasteiger partial charge in [-0.15, -0.1) is 0 Å². The van der Waals surface area contributed by atoms with Crippen LogP contribution in [0, 0.1) is 35.0 Å². The van der Waals surface area contributed by atoms with Gasteiger partial charge in [-0.05, 0) is 41.7 Å². The minimum absolute atomic E-state index is 0.0628. The predicted molar refractivity (Wildman–Crippen MR) is 184 cm³/mol. The number of fused-ring (bicyclic) bond motifs is 1. The van der Waals surface area contributed by atoms with Crippen molar-refractivity contribution >= 4 is 16.9 Å². The summed E-state index contributed by atoms with van der Waals surface area (Å²) < 4.78 is 84.0. The van der Waals surface area contributed by atoms with Crippen LogP contribution in [0.3, 0.4) is 0 Å². The minimum atomic E-state index is -2.34. The third-order valence-corrected chi connectivity index (χ3v) is 10.2. The number of para-hydroxylation sites is 2. The zero-order valence-corrected chi connectivity index (χ0v) is 28.6. The van der Waals surface area contributed by atoms with E-state index < -0.39 is 46.8 Å². The summed E-state index contributed by atoms with van der Waals surface area (Å²) in [5.74, 6) is -12.7. The molecule has 2 fully saturated rings. The molecule has 278 valence electrons. The number of rotatable bonds is 9. The summed E-state index contributed by atoms with van der Waals surface area (Å²) in [7, 11) is 0. The van der Waals surface area contributed by atoms with E-state index in [4.69, 9.17) is 9.47 Å².